The van der Waals surface area contributed by atoms with E-state index >= 15 is 0 Å². The highest BCUT2D eigenvalue weighted by molar-refractivity contribution is 5.85. The molecule has 2 aromatic rings. The van der Waals surface area contributed by atoms with Crippen molar-refractivity contribution in [2.45, 2.75) is 19.1 Å². The van der Waals surface area contributed by atoms with E-state index in [9.17, 15) is 14.3 Å². The number of hydrogen-bond acceptors (Lipinski definition) is 4. The topological polar surface area (TPSA) is 84.6 Å². The van der Waals surface area contributed by atoms with Crippen LogP contribution in [-0.2, 0) is 4.79 Å². The van der Waals surface area contributed by atoms with Crippen molar-refractivity contribution in [2.24, 2.45) is 11.7 Å². The first-order valence-corrected chi connectivity index (χ1v) is 8.12. The molecule has 3 atom stereocenters. The van der Waals surface area contributed by atoms with Crippen LogP contribution >= 0.6 is 12.4 Å². The highest BCUT2D eigenvalue weighted by Crippen LogP contribution is 2.19. The van der Waals surface area contributed by atoms with Crippen LogP contribution in [0.4, 0.5) is 4.39 Å². The lowest BCUT2D eigenvalue weighted by Crippen LogP contribution is -2.40. The number of aliphatic hydroxyl groups is 1. The van der Waals surface area contributed by atoms with Gasteiger partial charge in [-0.1, -0.05) is 37.3 Å². The van der Waals surface area contributed by atoms with E-state index in [1.807, 2.05) is 30.3 Å². The first-order chi connectivity index (χ1) is 12.0. The minimum atomic E-state index is -0.880. The standard InChI is InChI=1S/C19H23FN2O3.ClH/c1-13(18(21)14-5-3-2-4-6-14)19(24)22-11-16(23)12-25-17-9-7-15(20)8-10-17;/h2-10,13,16,18,23H,11-12,21H2,1H3,(H,22,24);1H. The zero-order valence-corrected chi connectivity index (χ0v) is 15.3. The molecule has 0 saturated heterocycles. The van der Waals surface area contributed by atoms with Crippen LogP contribution in [0.5, 0.6) is 5.75 Å². The molecule has 142 valence electrons. The van der Waals surface area contributed by atoms with Gasteiger partial charge in [-0.25, -0.2) is 4.39 Å². The maximum atomic E-state index is 12.8. The van der Waals surface area contributed by atoms with Gasteiger partial charge in [0.1, 0.15) is 24.3 Å². The number of carbonyl (C=O) groups excluding carboxylic acids is 1. The molecule has 0 heterocycles. The number of aliphatic hydroxyl groups excluding tert-OH is 1. The van der Waals surface area contributed by atoms with E-state index in [1.165, 1.54) is 24.3 Å². The van der Waals surface area contributed by atoms with E-state index in [0.717, 1.165) is 5.56 Å². The molecule has 0 radical (unpaired) electrons. The molecule has 2 aromatic carbocycles. The van der Waals surface area contributed by atoms with Crippen LogP contribution in [-0.4, -0.2) is 30.3 Å². The second-order valence-corrected chi connectivity index (χ2v) is 5.89. The van der Waals surface area contributed by atoms with E-state index in [4.69, 9.17) is 10.5 Å². The summed E-state index contributed by atoms with van der Waals surface area (Å²) in [5.74, 6) is -0.583. The van der Waals surface area contributed by atoms with Gasteiger partial charge >= 0.3 is 0 Å². The number of hydrogen-bond donors (Lipinski definition) is 3. The molecular formula is C19H24ClFN2O3. The maximum Gasteiger partial charge on any atom is 0.224 e. The molecule has 0 fully saturated rings. The SMILES string of the molecule is CC(C(=O)NCC(O)COc1ccc(F)cc1)C(N)c1ccccc1.Cl. The smallest absolute Gasteiger partial charge is 0.224 e. The number of benzene rings is 2. The van der Waals surface area contributed by atoms with Crippen LogP contribution in [0.15, 0.2) is 54.6 Å². The summed E-state index contributed by atoms with van der Waals surface area (Å²) in [5.41, 5.74) is 6.99. The molecule has 0 aliphatic carbocycles. The Labute approximate surface area is 158 Å². The molecule has 7 heteroatoms. The van der Waals surface area contributed by atoms with Crippen LogP contribution in [0.2, 0.25) is 0 Å². The summed E-state index contributed by atoms with van der Waals surface area (Å²) in [5, 5.41) is 12.6. The molecule has 1 amide bonds. The van der Waals surface area contributed by atoms with Crippen molar-refractivity contribution in [1.82, 2.24) is 5.32 Å². The maximum absolute atomic E-state index is 12.8. The molecule has 0 bridgehead atoms. The minimum absolute atomic E-state index is 0. The highest BCUT2D eigenvalue weighted by Gasteiger charge is 2.22. The molecule has 0 aliphatic rings. The monoisotopic (exact) mass is 382 g/mol. The zero-order valence-electron chi connectivity index (χ0n) is 14.5. The molecule has 2 rings (SSSR count). The molecule has 4 N–H and O–H groups in total. The lowest BCUT2D eigenvalue weighted by Gasteiger charge is -2.21. The van der Waals surface area contributed by atoms with Crippen molar-refractivity contribution in [3.05, 3.63) is 66.0 Å². The Kier molecular flexibility index (Phi) is 9.05. The fourth-order valence-electron chi connectivity index (χ4n) is 2.29. The fourth-order valence-corrected chi connectivity index (χ4v) is 2.29. The Hall–Kier alpha value is -2.15. The molecule has 26 heavy (non-hydrogen) atoms. The summed E-state index contributed by atoms with van der Waals surface area (Å²) < 4.78 is 18.1. The van der Waals surface area contributed by atoms with Crippen molar-refractivity contribution in [3.8, 4) is 5.75 Å². The third-order valence-corrected chi connectivity index (χ3v) is 3.90. The Morgan fingerprint density at radius 1 is 1.19 bits per heavy atom. The second-order valence-electron chi connectivity index (χ2n) is 5.89. The zero-order chi connectivity index (χ0) is 18.2. The van der Waals surface area contributed by atoms with Gasteiger partial charge in [0, 0.05) is 12.6 Å². The molecule has 3 unspecified atom stereocenters. The fraction of sp³-hybridized carbons (Fsp3) is 0.316. The molecular weight excluding hydrogens is 359 g/mol. The number of carbonyl (C=O) groups is 1. The van der Waals surface area contributed by atoms with E-state index in [-0.39, 0.29) is 37.3 Å². The van der Waals surface area contributed by atoms with E-state index < -0.39 is 18.1 Å². The Balaban J connectivity index is 0.00000338. The van der Waals surface area contributed by atoms with E-state index in [1.54, 1.807) is 6.92 Å². The predicted octanol–water partition coefficient (Wildman–Crippen LogP) is 2.44. The van der Waals surface area contributed by atoms with E-state index in [0.29, 0.717) is 5.75 Å². The first kappa shape index (κ1) is 21.9. The predicted molar refractivity (Wildman–Crippen MR) is 101 cm³/mol. The number of nitrogens with two attached hydrogens (primary N) is 1. The van der Waals surface area contributed by atoms with Gasteiger partial charge in [-0.3, -0.25) is 4.79 Å². The lowest BCUT2D eigenvalue weighted by molar-refractivity contribution is -0.125. The normalized spacial score (nSPS) is 13.8. The van der Waals surface area contributed by atoms with Crippen molar-refractivity contribution in [3.63, 3.8) is 0 Å². The van der Waals surface area contributed by atoms with Crippen molar-refractivity contribution in [2.75, 3.05) is 13.2 Å². The number of nitrogens with one attached hydrogen (secondary N) is 1. The number of amides is 1. The summed E-state index contributed by atoms with van der Waals surface area (Å²) in [4.78, 5) is 12.2. The van der Waals surface area contributed by atoms with Crippen LogP contribution in [0.1, 0.15) is 18.5 Å². The second kappa shape index (κ2) is 10.8. The molecule has 5 nitrogen and oxygen atoms in total. The summed E-state index contributed by atoms with van der Waals surface area (Å²) in [6.45, 7) is 1.78. The van der Waals surface area contributed by atoms with Gasteiger partial charge in [0.05, 0.1) is 5.92 Å². The third-order valence-electron chi connectivity index (χ3n) is 3.90. The van der Waals surface area contributed by atoms with Gasteiger partial charge in [-0.05, 0) is 29.8 Å². The average Bonchev–Trinajstić information content (AvgIpc) is 2.65. The van der Waals surface area contributed by atoms with Gasteiger partial charge < -0.3 is 20.9 Å². The third kappa shape index (κ3) is 6.63. The van der Waals surface area contributed by atoms with Crippen LogP contribution in [0.25, 0.3) is 0 Å². The van der Waals surface area contributed by atoms with Gasteiger partial charge in [-0.15, -0.1) is 12.4 Å². The van der Waals surface area contributed by atoms with E-state index in [2.05, 4.69) is 5.32 Å². The number of rotatable bonds is 8. The summed E-state index contributed by atoms with van der Waals surface area (Å²) in [6.07, 6.45) is -0.880. The quantitative estimate of drug-likeness (QED) is 0.654. The average molecular weight is 383 g/mol. The van der Waals surface area contributed by atoms with Crippen molar-refractivity contribution < 1.29 is 19.0 Å². The first-order valence-electron chi connectivity index (χ1n) is 8.12. The summed E-state index contributed by atoms with van der Waals surface area (Å²) in [6, 6.07) is 14.5. The molecule has 0 aromatic heterocycles. The van der Waals surface area contributed by atoms with Crippen LogP contribution in [0.3, 0.4) is 0 Å². The van der Waals surface area contributed by atoms with Crippen LogP contribution in [0, 0.1) is 11.7 Å². The van der Waals surface area contributed by atoms with Gasteiger partial charge in [0.25, 0.3) is 0 Å². The van der Waals surface area contributed by atoms with Crippen LogP contribution < -0.4 is 15.8 Å². The van der Waals surface area contributed by atoms with Gasteiger partial charge in [0.15, 0.2) is 0 Å². The Morgan fingerprint density at radius 3 is 2.42 bits per heavy atom. The number of ether oxygens (including phenoxy) is 1. The molecule has 0 saturated carbocycles. The lowest BCUT2D eigenvalue weighted by atomic mass is 9.94. The van der Waals surface area contributed by atoms with Gasteiger partial charge in [-0.2, -0.15) is 0 Å². The Bertz CT molecular complexity index is 670. The molecule has 0 aliphatic heterocycles. The number of halogens is 2. The van der Waals surface area contributed by atoms with Gasteiger partial charge in [0.2, 0.25) is 5.91 Å². The summed E-state index contributed by atoms with van der Waals surface area (Å²) in [7, 11) is 0. The minimum Gasteiger partial charge on any atom is -0.491 e. The molecule has 0 spiro atoms. The van der Waals surface area contributed by atoms with Crippen molar-refractivity contribution in [1.29, 1.82) is 0 Å². The Morgan fingerprint density at radius 2 is 1.81 bits per heavy atom. The summed E-state index contributed by atoms with van der Waals surface area (Å²) >= 11 is 0. The van der Waals surface area contributed by atoms with Crippen molar-refractivity contribution >= 4 is 18.3 Å². The highest BCUT2D eigenvalue weighted by atomic mass is 35.5. The largest absolute Gasteiger partial charge is 0.491 e.